The van der Waals surface area contributed by atoms with Gasteiger partial charge in [0.2, 0.25) is 0 Å². The molecule has 0 saturated heterocycles. The lowest BCUT2D eigenvalue weighted by Crippen LogP contribution is -2.14. The van der Waals surface area contributed by atoms with Crippen LogP contribution in [-0.4, -0.2) is 27.9 Å². The smallest absolute Gasteiger partial charge is 0.181 e. The van der Waals surface area contributed by atoms with E-state index in [1.807, 2.05) is 0 Å². The molecule has 2 rings (SSSR count). The molecule has 0 aliphatic heterocycles. The van der Waals surface area contributed by atoms with Crippen molar-refractivity contribution in [3.05, 3.63) is 54.3 Å². The zero-order chi connectivity index (χ0) is 15.3. The Balaban J connectivity index is 1.95. The Kier molecular flexibility index (Phi) is 4.80. The average Bonchev–Trinajstić information content (AvgIpc) is 2.48. The first-order valence-corrected chi connectivity index (χ1v) is 7.92. The summed E-state index contributed by atoms with van der Waals surface area (Å²) >= 11 is 0. The van der Waals surface area contributed by atoms with Gasteiger partial charge in [-0.15, -0.1) is 0 Å². The molecule has 0 heterocycles. The van der Waals surface area contributed by atoms with E-state index < -0.39 is 15.7 Å². The molecule has 0 N–H and O–H groups in total. The summed E-state index contributed by atoms with van der Waals surface area (Å²) in [6, 6.07) is 11.8. The molecule has 0 saturated carbocycles. The van der Waals surface area contributed by atoms with Crippen molar-refractivity contribution in [3.8, 4) is 11.5 Å². The van der Waals surface area contributed by atoms with Gasteiger partial charge in [-0.1, -0.05) is 6.07 Å². The Hall–Kier alpha value is -2.08. The second kappa shape index (κ2) is 6.58. The number of halogens is 1. The molecule has 0 spiro atoms. The molecular weight excluding hydrogens is 295 g/mol. The lowest BCUT2D eigenvalue weighted by molar-refractivity contribution is 0.339. The number of ether oxygens (including phenoxy) is 2. The van der Waals surface area contributed by atoms with Crippen LogP contribution in [0.1, 0.15) is 0 Å². The van der Waals surface area contributed by atoms with E-state index in [4.69, 9.17) is 9.47 Å². The van der Waals surface area contributed by atoms with E-state index in [0.29, 0.717) is 11.5 Å². The Morgan fingerprint density at radius 2 is 1.71 bits per heavy atom. The minimum absolute atomic E-state index is 0.00875. The molecule has 21 heavy (non-hydrogen) atoms. The predicted octanol–water partition coefficient (Wildman–Crippen LogP) is 2.69. The van der Waals surface area contributed by atoms with E-state index >= 15 is 0 Å². The first-order chi connectivity index (χ1) is 10.0. The average molecular weight is 310 g/mol. The first kappa shape index (κ1) is 15.3. The van der Waals surface area contributed by atoms with Gasteiger partial charge in [0.25, 0.3) is 0 Å². The quantitative estimate of drug-likeness (QED) is 0.823. The highest BCUT2D eigenvalue weighted by molar-refractivity contribution is 7.91. The first-order valence-electron chi connectivity index (χ1n) is 6.26. The topological polar surface area (TPSA) is 52.6 Å². The molecule has 4 nitrogen and oxygen atoms in total. The lowest BCUT2D eigenvalue weighted by Gasteiger charge is -2.08. The molecule has 2 aromatic carbocycles. The summed E-state index contributed by atoms with van der Waals surface area (Å²) < 4.78 is 47.4. The van der Waals surface area contributed by atoms with E-state index in [-0.39, 0.29) is 17.3 Å². The molecule has 112 valence electrons. The van der Waals surface area contributed by atoms with Crippen LogP contribution in [0.25, 0.3) is 0 Å². The second-order valence-electron chi connectivity index (χ2n) is 4.30. The highest BCUT2D eigenvalue weighted by Gasteiger charge is 2.15. The molecule has 0 fully saturated rings. The van der Waals surface area contributed by atoms with E-state index in [0.717, 1.165) is 6.07 Å². The predicted molar refractivity (Wildman–Crippen MR) is 76.9 cm³/mol. The van der Waals surface area contributed by atoms with Crippen molar-refractivity contribution in [1.29, 1.82) is 0 Å². The SMILES string of the molecule is COc1ccc(OCCS(=O)(=O)c2cccc(F)c2)cc1. The van der Waals surface area contributed by atoms with Crippen molar-refractivity contribution in [2.75, 3.05) is 19.5 Å². The zero-order valence-electron chi connectivity index (χ0n) is 11.5. The van der Waals surface area contributed by atoms with Crippen LogP contribution < -0.4 is 9.47 Å². The van der Waals surface area contributed by atoms with Crippen LogP contribution in [0.15, 0.2) is 53.4 Å². The van der Waals surface area contributed by atoms with Crippen molar-refractivity contribution in [2.45, 2.75) is 4.90 Å². The summed E-state index contributed by atoms with van der Waals surface area (Å²) in [6.45, 7) is -0.00875. The summed E-state index contributed by atoms with van der Waals surface area (Å²) in [7, 11) is -2.00. The number of sulfone groups is 1. The van der Waals surface area contributed by atoms with Crippen LogP contribution in [0.3, 0.4) is 0 Å². The van der Waals surface area contributed by atoms with Crippen LogP contribution in [-0.2, 0) is 9.84 Å². The van der Waals surface area contributed by atoms with Crippen LogP contribution in [0.4, 0.5) is 4.39 Å². The van der Waals surface area contributed by atoms with Gasteiger partial charge in [0.15, 0.2) is 9.84 Å². The largest absolute Gasteiger partial charge is 0.497 e. The van der Waals surface area contributed by atoms with Crippen molar-refractivity contribution in [3.63, 3.8) is 0 Å². The molecule has 2 aromatic rings. The van der Waals surface area contributed by atoms with Crippen LogP contribution in [0.5, 0.6) is 11.5 Å². The van der Waals surface area contributed by atoms with Crippen LogP contribution in [0, 0.1) is 5.82 Å². The molecular formula is C15H15FO4S. The van der Waals surface area contributed by atoms with Gasteiger partial charge >= 0.3 is 0 Å². The van der Waals surface area contributed by atoms with Gasteiger partial charge < -0.3 is 9.47 Å². The maximum atomic E-state index is 13.0. The fraction of sp³-hybridized carbons (Fsp3) is 0.200. The molecule has 0 aromatic heterocycles. The van der Waals surface area contributed by atoms with Crippen molar-refractivity contribution >= 4 is 9.84 Å². The third kappa shape index (κ3) is 4.19. The second-order valence-corrected chi connectivity index (χ2v) is 6.41. The minimum atomic E-state index is -3.56. The van der Waals surface area contributed by atoms with Crippen LogP contribution in [0.2, 0.25) is 0 Å². The van der Waals surface area contributed by atoms with Gasteiger partial charge in [0.05, 0.1) is 17.8 Å². The molecule has 6 heteroatoms. The summed E-state index contributed by atoms with van der Waals surface area (Å²) in [5.74, 6) is 0.440. The third-order valence-corrected chi connectivity index (χ3v) is 4.51. The molecule has 0 radical (unpaired) electrons. The standard InChI is InChI=1S/C15H15FO4S/c1-19-13-5-7-14(8-6-13)20-9-10-21(17,18)15-4-2-3-12(16)11-15/h2-8,11H,9-10H2,1H3. The molecule has 0 aliphatic carbocycles. The summed E-state index contributed by atoms with van der Waals surface area (Å²) in [5, 5.41) is 0. The van der Waals surface area contributed by atoms with Gasteiger partial charge in [-0.2, -0.15) is 0 Å². The van der Waals surface area contributed by atoms with Gasteiger partial charge in [-0.3, -0.25) is 0 Å². The Morgan fingerprint density at radius 3 is 2.33 bits per heavy atom. The Bertz CT molecular complexity index is 696. The fourth-order valence-corrected chi connectivity index (χ4v) is 2.84. The Morgan fingerprint density at radius 1 is 1.05 bits per heavy atom. The number of benzene rings is 2. The summed E-state index contributed by atoms with van der Waals surface area (Å²) in [6.07, 6.45) is 0. The van der Waals surface area contributed by atoms with Crippen molar-refractivity contribution in [2.24, 2.45) is 0 Å². The zero-order valence-corrected chi connectivity index (χ0v) is 12.3. The molecule has 0 aliphatic rings. The molecule has 0 amide bonds. The maximum Gasteiger partial charge on any atom is 0.181 e. The fourth-order valence-electron chi connectivity index (χ4n) is 1.72. The Labute approximate surface area is 123 Å². The maximum absolute atomic E-state index is 13.0. The highest BCUT2D eigenvalue weighted by atomic mass is 32.2. The van der Waals surface area contributed by atoms with Gasteiger partial charge in [-0.25, -0.2) is 12.8 Å². The minimum Gasteiger partial charge on any atom is -0.497 e. The molecule has 0 unspecified atom stereocenters. The van der Waals surface area contributed by atoms with E-state index in [9.17, 15) is 12.8 Å². The van der Waals surface area contributed by atoms with Gasteiger partial charge in [-0.05, 0) is 42.5 Å². The van der Waals surface area contributed by atoms with Crippen molar-refractivity contribution in [1.82, 2.24) is 0 Å². The third-order valence-electron chi connectivity index (χ3n) is 2.84. The van der Waals surface area contributed by atoms with Crippen LogP contribution >= 0.6 is 0 Å². The molecule has 0 bridgehead atoms. The summed E-state index contributed by atoms with van der Waals surface area (Å²) in [4.78, 5) is -0.0409. The van der Waals surface area contributed by atoms with E-state index in [2.05, 4.69) is 0 Å². The van der Waals surface area contributed by atoms with Gasteiger partial charge in [0, 0.05) is 0 Å². The van der Waals surface area contributed by atoms with E-state index in [1.165, 1.54) is 18.2 Å². The monoisotopic (exact) mass is 310 g/mol. The lowest BCUT2D eigenvalue weighted by atomic mass is 10.3. The number of hydrogen-bond donors (Lipinski definition) is 0. The van der Waals surface area contributed by atoms with E-state index in [1.54, 1.807) is 31.4 Å². The number of rotatable bonds is 6. The highest BCUT2D eigenvalue weighted by Crippen LogP contribution is 2.18. The summed E-state index contributed by atoms with van der Waals surface area (Å²) in [5.41, 5.74) is 0. The molecule has 0 atom stereocenters. The van der Waals surface area contributed by atoms with Crippen molar-refractivity contribution < 1.29 is 22.3 Å². The number of methoxy groups -OCH3 is 1. The normalized spacial score (nSPS) is 11.1. The van der Waals surface area contributed by atoms with Gasteiger partial charge in [0.1, 0.15) is 23.9 Å². The number of hydrogen-bond acceptors (Lipinski definition) is 4.